The molecule has 0 fully saturated rings. The van der Waals surface area contributed by atoms with Gasteiger partial charge in [0.05, 0.1) is 18.8 Å². The summed E-state index contributed by atoms with van der Waals surface area (Å²) in [6, 6.07) is 24.6. The van der Waals surface area contributed by atoms with Crippen molar-refractivity contribution in [2.24, 2.45) is 0 Å². The molecule has 4 aromatic rings. The number of ether oxygens (including phenoxy) is 2. The van der Waals surface area contributed by atoms with Crippen LogP contribution in [0.3, 0.4) is 0 Å². The van der Waals surface area contributed by atoms with Crippen molar-refractivity contribution in [2.45, 2.75) is 12.8 Å². The Balaban J connectivity index is 1.74. The van der Waals surface area contributed by atoms with Crippen LogP contribution < -0.4 is 10.1 Å². The van der Waals surface area contributed by atoms with Gasteiger partial charge in [-0.3, -0.25) is 10.1 Å². The maximum atomic E-state index is 13.3. The van der Waals surface area contributed by atoms with Crippen LogP contribution in [0.25, 0.3) is 10.8 Å². The van der Waals surface area contributed by atoms with Crippen LogP contribution in [0.5, 0.6) is 5.75 Å². The van der Waals surface area contributed by atoms with Gasteiger partial charge in [0.25, 0.3) is 5.91 Å². The summed E-state index contributed by atoms with van der Waals surface area (Å²) in [5.74, 6) is -0.883. The van der Waals surface area contributed by atoms with Gasteiger partial charge in [-0.05, 0) is 41.5 Å². The minimum absolute atomic E-state index is 0.0338. The third-order valence-electron chi connectivity index (χ3n) is 5.56. The fourth-order valence-corrected chi connectivity index (χ4v) is 4.17. The predicted octanol–water partition coefficient (Wildman–Crippen LogP) is 5.16. The second-order valence-corrected chi connectivity index (χ2v) is 7.54. The zero-order valence-corrected chi connectivity index (χ0v) is 17.9. The Labute approximate surface area is 190 Å². The Morgan fingerprint density at radius 2 is 1.73 bits per heavy atom. The van der Waals surface area contributed by atoms with Gasteiger partial charge in [-0.15, -0.1) is 0 Å². The zero-order valence-electron chi connectivity index (χ0n) is 17.9. The number of hydrogen-bond donors (Lipinski definition) is 1. The summed E-state index contributed by atoms with van der Waals surface area (Å²) in [5, 5.41) is 4.70. The summed E-state index contributed by atoms with van der Waals surface area (Å²) in [6.45, 7) is 1.93. The van der Waals surface area contributed by atoms with E-state index in [9.17, 15) is 9.59 Å². The molecular weight excluding hydrogens is 418 g/mol. The maximum Gasteiger partial charge on any atom is 0.340 e. The van der Waals surface area contributed by atoms with Crippen LogP contribution in [0.15, 0.2) is 101 Å². The van der Waals surface area contributed by atoms with Crippen LogP contribution in [0.2, 0.25) is 0 Å². The number of nitrogens with one attached hydrogen (secondary N) is 1. The van der Waals surface area contributed by atoms with Crippen molar-refractivity contribution in [3.05, 3.63) is 113 Å². The van der Waals surface area contributed by atoms with Crippen molar-refractivity contribution in [3.8, 4) is 5.75 Å². The fraction of sp³-hybridized carbons (Fsp3) is 0.111. The summed E-state index contributed by atoms with van der Waals surface area (Å²) in [6.07, 6.45) is 1.41. The normalized spacial score (nSPS) is 15.0. The van der Waals surface area contributed by atoms with E-state index in [0.29, 0.717) is 5.75 Å². The molecule has 1 aliphatic rings. The summed E-state index contributed by atoms with van der Waals surface area (Å²) in [5.41, 5.74) is 1.95. The molecule has 0 bridgehead atoms. The highest BCUT2D eigenvalue weighted by Gasteiger charge is 2.38. The lowest BCUT2D eigenvalue weighted by Gasteiger charge is -2.31. The number of carbonyl (C=O) groups excluding carboxylic acids is 2. The van der Waals surface area contributed by atoms with Crippen molar-refractivity contribution in [1.82, 2.24) is 5.32 Å². The SMILES string of the molecule is CCOC(=O)C1=C(NC(=O)c2ccco2)Oc2ccc3ccccc3c2[C@@H]1c1ccccc1. The third-order valence-corrected chi connectivity index (χ3v) is 5.56. The van der Waals surface area contributed by atoms with Crippen molar-refractivity contribution < 1.29 is 23.5 Å². The van der Waals surface area contributed by atoms with E-state index in [1.54, 1.807) is 19.1 Å². The van der Waals surface area contributed by atoms with Crippen LogP contribution in [-0.2, 0) is 9.53 Å². The molecule has 0 spiro atoms. The first-order chi connectivity index (χ1) is 16.2. The molecule has 1 aromatic heterocycles. The first-order valence-electron chi connectivity index (χ1n) is 10.7. The predicted molar refractivity (Wildman–Crippen MR) is 123 cm³/mol. The molecule has 3 aromatic carbocycles. The molecule has 0 radical (unpaired) electrons. The van der Waals surface area contributed by atoms with Gasteiger partial charge < -0.3 is 13.9 Å². The Kier molecular flexibility index (Phi) is 5.40. The third kappa shape index (κ3) is 3.76. The molecule has 1 aliphatic heterocycles. The molecule has 0 aliphatic carbocycles. The quantitative estimate of drug-likeness (QED) is 0.435. The lowest BCUT2D eigenvalue weighted by Crippen LogP contribution is -2.34. The number of fused-ring (bicyclic) bond motifs is 3. The van der Waals surface area contributed by atoms with E-state index in [0.717, 1.165) is 21.9 Å². The molecule has 6 heteroatoms. The van der Waals surface area contributed by atoms with E-state index in [1.165, 1.54) is 6.26 Å². The number of benzene rings is 3. The van der Waals surface area contributed by atoms with Crippen LogP contribution in [0.1, 0.15) is 34.5 Å². The van der Waals surface area contributed by atoms with E-state index in [-0.39, 0.29) is 23.8 Å². The standard InChI is InChI=1S/C27H21NO5/c1-2-31-27(30)24-22(18-10-4-3-5-11-18)23-19-12-7-6-9-17(19)14-15-20(23)33-26(24)28-25(29)21-13-8-16-32-21/h3-16,22H,2H2,1H3,(H,28,29)/t22-/m0/s1. The molecule has 1 N–H and O–H groups in total. The molecular formula is C27H21NO5. The van der Waals surface area contributed by atoms with Crippen molar-refractivity contribution in [2.75, 3.05) is 6.61 Å². The lowest BCUT2D eigenvalue weighted by molar-refractivity contribution is -0.139. The topological polar surface area (TPSA) is 77.8 Å². The second-order valence-electron chi connectivity index (χ2n) is 7.54. The molecule has 2 heterocycles. The van der Waals surface area contributed by atoms with Gasteiger partial charge in [-0.2, -0.15) is 0 Å². The van der Waals surface area contributed by atoms with Gasteiger partial charge in [0.15, 0.2) is 5.76 Å². The molecule has 0 saturated carbocycles. The number of rotatable bonds is 5. The number of furan rings is 1. The Bertz CT molecular complexity index is 1360. The van der Waals surface area contributed by atoms with Crippen LogP contribution in [0.4, 0.5) is 0 Å². The van der Waals surface area contributed by atoms with E-state index in [4.69, 9.17) is 13.9 Å². The van der Waals surface area contributed by atoms with Crippen LogP contribution in [-0.4, -0.2) is 18.5 Å². The van der Waals surface area contributed by atoms with Crippen LogP contribution >= 0.6 is 0 Å². The van der Waals surface area contributed by atoms with E-state index < -0.39 is 17.8 Å². The van der Waals surface area contributed by atoms with Crippen molar-refractivity contribution in [3.63, 3.8) is 0 Å². The Morgan fingerprint density at radius 1 is 0.939 bits per heavy atom. The van der Waals surface area contributed by atoms with Gasteiger partial charge in [0.2, 0.25) is 5.88 Å². The van der Waals surface area contributed by atoms with Crippen molar-refractivity contribution >= 4 is 22.6 Å². The molecule has 6 nitrogen and oxygen atoms in total. The first kappa shape index (κ1) is 20.6. The zero-order chi connectivity index (χ0) is 22.8. The smallest absolute Gasteiger partial charge is 0.340 e. The van der Waals surface area contributed by atoms with Gasteiger partial charge in [0.1, 0.15) is 11.3 Å². The van der Waals surface area contributed by atoms with Crippen LogP contribution in [0, 0.1) is 0 Å². The molecule has 33 heavy (non-hydrogen) atoms. The van der Waals surface area contributed by atoms with Gasteiger partial charge in [0, 0.05) is 5.56 Å². The number of esters is 1. The first-order valence-corrected chi connectivity index (χ1v) is 10.7. The lowest BCUT2D eigenvalue weighted by atomic mass is 9.80. The molecule has 1 atom stereocenters. The minimum Gasteiger partial charge on any atom is -0.462 e. The largest absolute Gasteiger partial charge is 0.462 e. The highest BCUT2D eigenvalue weighted by atomic mass is 16.5. The maximum absolute atomic E-state index is 13.3. The highest BCUT2D eigenvalue weighted by molar-refractivity contribution is 5.99. The Hall–Kier alpha value is -4.32. The molecule has 1 amide bonds. The van der Waals surface area contributed by atoms with Crippen molar-refractivity contribution in [1.29, 1.82) is 0 Å². The summed E-state index contributed by atoms with van der Waals surface area (Å²) >= 11 is 0. The number of hydrogen-bond acceptors (Lipinski definition) is 5. The minimum atomic E-state index is -0.556. The van der Waals surface area contributed by atoms with E-state index in [2.05, 4.69) is 5.32 Å². The van der Waals surface area contributed by atoms with Gasteiger partial charge in [-0.25, -0.2) is 4.79 Å². The summed E-state index contributed by atoms with van der Waals surface area (Å²) < 4.78 is 16.8. The second kappa shape index (κ2) is 8.67. The number of carbonyl (C=O) groups is 2. The monoisotopic (exact) mass is 439 g/mol. The Morgan fingerprint density at radius 3 is 2.48 bits per heavy atom. The fourth-order valence-electron chi connectivity index (χ4n) is 4.17. The number of amides is 1. The molecule has 5 rings (SSSR count). The van der Waals surface area contributed by atoms with Gasteiger partial charge >= 0.3 is 5.97 Å². The average Bonchev–Trinajstić information content (AvgIpc) is 3.39. The molecule has 0 unspecified atom stereocenters. The average molecular weight is 439 g/mol. The highest BCUT2D eigenvalue weighted by Crippen LogP contribution is 2.46. The summed E-state index contributed by atoms with van der Waals surface area (Å²) in [4.78, 5) is 26.1. The van der Waals surface area contributed by atoms with Gasteiger partial charge in [-0.1, -0.05) is 60.7 Å². The summed E-state index contributed by atoms with van der Waals surface area (Å²) in [7, 11) is 0. The van der Waals surface area contributed by atoms with E-state index in [1.807, 2.05) is 66.7 Å². The van der Waals surface area contributed by atoms with E-state index >= 15 is 0 Å². The molecule has 164 valence electrons. The molecule has 0 saturated heterocycles.